The third-order valence-corrected chi connectivity index (χ3v) is 6.86. The zero-order valence-corrected chi connectivity index (χ0v) is 14.9. The summed E-state index contributed by atoms with van der Waals surface area (Å²) in [6, 6.07) is 9.33. The standard InChI is InChI=1S/C20H20Cl2/c1-9-5-13-14(6-10(9)2)18-16-8-12(4)11(3)7-15(16)17(13)19(21)20(18)22/h5-8,17-20H,1-4H3/t17?,18?,19-,20-/m0/s1. The van der Waals surface area contributed by atoms with Crippen LogP contribution in [0.1, 0.15) is 56.3 Å². The Hall–Kier alpha value is -0.980. The molecule has 0 spiro atoms. The van der Waals surface area contributed by atoms with E-state index in [4.69, 9.17) is 23.2 Å². The zero-order chi connectivity index (χ0) is 15.8. The second-order valence-corrected chi connectivity index (χ2v) is 7.98. The van der Waals surface area contributed by atoms with Crippen LogP contribution in [-0.4, -0.2) is 10.8 Å². The van der Waals surface area contributed by atoms with E-state index in [0.29, 0.717) is 0 Å². The molecule has 5 rings (SSSR count). The Morgan fingerprint density at radius 3 is 1.00 bits per heavy atom. The summed E-state index contributed by atoms with van der Waals surface area (Å²) in [5.74, 6) is 0.440. The molecule has 0 amide bonds. The van der Waals surface area contributed by atoms with Crippen molar-refractivity contribution in [1.82, 2.24) is 0 Å². The number of fused-ring (bicyclic) bond motifs is 1. The molecule has 2 bridgehead atoms. The van der Waals surface area contributed by atoms with Gasteiger partial charge in [0, 0.05) is 11.8 Å². The van der Waals surface area contributed by atoms with E-state index in [-0.39, 0.29) is 22.6 Å². The molecular weight excluding hydrogens is 311 g/mol. The molecular formula is C20H20Cl2. The number of halogens is 2. The van der Waals surface area contributed by atoms with Crippen molar-refractivity contribution in [2.75, 3.05) is 0 Å². The van der Waals surface area contributed by atoms with Gasteiger partial charge in [0.2, 0.25) is 0 Å². The van der Waals surface area contributed by atoms with E-state index in [0.717, 1.165) is 0 Å². The first-order valence-electron chi connectivity index (χ1n) is 7.90. The number of aryl methyl sites for hydroxylation is 4. The monoisotopic (exact) mass is 330 g/mol. The van der Waals surface area contributed by atoms with Crippen LogP contribution in [0, 0.1) is 27.7 Å². The number of alkyl halides is 2. The van der Waals surface area contributed by atoms with Crippen LogP contribution in [-0.2, 0) is 0 Å². The van der Waals surface area contributed by atoms with E-state index in [1.165, 1.54) is 44.5 Å². The van der Waals surface area contributed by atoms with Gasteiger partial charge in [-0.15, -0.1) is 23.2 Å². The smallest absolute Gasteiger partial charge is 0.0618 e. The minimum Gasteiger partial charge on any atom is -0.120 e. The molecule has 0 heterocycles. The number of hydrogen-bond donors (Lipinski definition) is 0. The second kappa shape index (κ2) is 4.76. The van der Waals surface area contributed by atoms with Crippen molar-refractivity contribution in [2.24, 2.45) is 0 Å². The fourth-order valence-corrected chi connectivity index (χ4v) is 5.02. The van der Waals surface area contributed by atoms with Gasteiger partial charge >= 0.3 is 0 Å². The Kier molecular flexibility index (Phi) is 3.16. The van der Waals surface area contributed by atoms with E-state index in [2.05, 4.69) is 52.0 Å². The molecule has 0 saturated heterocycles. The largest absolute Gasteiger partial charge is 0.120 e. The van der Waals surface area contributed by atoms with Gasteiger partial charge in [-0.1, -0.05) is 24.3 Å². The first-order valence-corrected chi connectivity index (χ1v) is 8.77. The van der Waals surface area contributed by atoms with Gasteiger partial charge in [0.25, 0.3) is 0 Å². The fraction of sp³-hybridized carbons (Fsp3) is 0.400. The highest BCUT2D eigenvalue weighted by atomic mass is 35.5. The average molecular weight is 331 g/mol. The third kappa shape index (κ3) is 1.77. The van der Waals surface area contributed by atoms with Crippen LogP contribution >= 0.6 is 23.2 Å². The Bertz CT molecular complexity index is 665. The molecule has 22 heavy (non-hydrogen) atoms. The van der Waals surface area contributed by atoms with Crippen LogP contribution in [0.15, 0.2) is 24.3 Å². The van der Waals surface area contributed by atoms with Crippen LogP contribution in [0.4, 0.5) is 0 Å². The Morgan fingerprint density at radius 1 is 0.545 bits per heavy atom. The summed E-state index contributed by atoms with van der Waals surface area (Å²) < 4.78 is 0. The molecule has 114 valence electrons. The maximum absolute atomic E-state index is 6.77. The van der Waals surface area contributed by atoms with Crippen molar-refractivity contribution in [3.8, 4) is 0 Å². The predicted octanol–water partition coefficient (Wildman–Crippen LogP) is 5.73. The van der Waals surface area contributed by atoms with Crippen molar-refractivity contribution in [1.29, 1.82) is 0 Å². The molecule has 2 heteroatoms. The quantitative estimate of drug-likeness (QED) is 0.541. The highest BCUT2D eigenvalue weighted by molar-refractivity contribution is 6.31. The van der Waals surface area contributed by atoms with Gasteiger partial charge in [-0.2, -0.15) is 0 Å². The normalized spacial score (nSPS) is 28.5. The number of rotatable bonds is 0. The summed E-state index contributed by atoms with van der Waals surface area (Å²) in [6.07, 6.45) is 0. The molecule has 0 aliphatic heterocycles. The SMILES string of the molecule is Cc1cc2c(cc1C)C1c3cc(C)c(C)cc3C2[C@H](Cl)[C@H]1Cl. The maximum Gasteiger partial charge on any atom is 0.0618 e. The topological polar surface area (TPSA) is 0 Å². The highest BCUT2D eigenvalue weighted by Gasteiger charge is 2.48. The van der Waals surface area contributed by atoms with E-state index in [1.54, 1.807) is 0 Å². The third-order valence-electron chi connectivity index (χ3n) is 5.68. The molecule has 2 aromatic rings. The first-order chi connectivity index (χ1) is 10.4. The number of benzene rings is 2. The summed E-state index contributed by atoms with van der Waals surface area (Å²) in [7, 11) is 0. The fourth-order valence-electron chi connectivity index (χ4n) is 4.19. The van der Waals surface area contributed by atoms with Crippen molar-refractivity contribution >= 4 is 23.2 Å². The van der Waals surface area contributed by atoms with Crippen LogP contribution in [0.25, 0.3) is 0 Å². The molecule has 0 N–H and O–H groups in total. The van der Waals surface area contributed by atoms with Crippen molar-refractivity contribution < 1.29 is 0 Å². The summed E-state index contributed by atoms with van der Waals surface area (Å²) >= 11 is 13.5. The molecule has 0 radical (unpaired) electrons. The van der Waals surface area contributed by atoms with Gasteiger partial charge < -0.3 is 0 Å². The molecule has 0 aromatic heterocycles. The molecule has 0 saturated carbocycles. The second-order valence-electron chi connectivity index (χ2n) is 6.97. The summed E-state index contributed by atoms with van der Waals surface area (Å²) in [5, 5.41) is -0.0632. The maximum atomic E-state index is 6.77. The highest BCUT2D eigenvalue weighted by Crippen LogP contribution is 2.57. The van der Waals surface area contributed by atoms with Crippen LogP contribution in [0.5, 0.6) is 0 Å². The van der Waals surface area contributed by atoms with Gasteiger partial charge in [-0.3, -0.25) is 0 Å². The predicted molar refractivity (Wildman–Crippen MR) is 94.8 cm³/mol. The van der Waals surface area contributed by atoms with E-state index in [1.807, 2.05) is 0 Å². The lowest BCUT2D eigenvalue weighted by atomic mass is 9.62. The zero-order valence-electron chi connectivity index (χ0n) is 13.4. The van der Waals surface area contributed by atoms with E-state index < -0.39 is 0 Å². The van der Waals surface area contributed by atoms with Gasteiger partial charge in [0.1, 0.15) is 0 Å². The van der Waals surface area contributed by atoms with Crippen molar-refractivity contribution in [3.63, 3.8) is 0 Å². The van der Waals surface area contributed by atoms with Crippen molar-refractivity contribution in [2.45, 2.75) is 50.3 Å². The minimum absolute atomic E-state index is 0.0316. The lowest BCUT2D eigenvalue weighted by Gasteiger charge is -2.47. The van der Waals surface area contributed by atoms with Gasteiger partial charge in [-0.05, 0) is 72.2 Å². The molecule has 0 unspecified atom stereocenters. The van der Waals surface area contributed by atoms with E-state index >= 15 is 0 Å². The summed E-state index contributed by atoms with van der Waals surface area (Å²) in [5.41, 5.74) is 10.9. The lowest BCUT2D eigenvalue weighted by Crippen LogP contribution is -2.42. The first kappa shape index (κ1) is 14.6. The molecule has 3 aliphatic carbocycles. The Morgan fingerprint density at radius 2 is 0.773 bits per heavy atom. The van der Waals surface area contributed by atoms with Gasteiger partial charge in [0.05, 0.1) is 10.8 Å². The Balaban J connectivity index is 2.05. The van der Waals surface area contributed by atoms with Crippen LogP contribution in [0.3, 0.4) is 0 Å². The van der Waals surface area contributed by atoms with Crippen LogP contribution < -0.4 is 0 Å². The lowest BCUT2D eigenvalue weighted by molar-refractivity contribution is 0.533. The Labute approximate surface area is 142 Å². The minimum atomic E-state index is -0.0316. The average Bonchev–Trinajstić information content (AvgIpc) is 2.46. The molecule has 2 atom stereocenters. The van der Waals surface area contributed by atoms with Crippen molar-refractivity contribution in [3.05, 3.63) is 68.8 Å². The molecule has 0 nitrogen and oxygen atoms in total. The molecule has 3 aliphatic rings. The summed E-state index contributed by atoms with van der Waals surface area (Å²) in [4.78, 5) is 0. The van der Waals surface area contributed by atoms with Gasteiger partial charge in [0.15, 0.2) is 0 Å². The summed E-state index contributed by atoms with van der Waals surface area (Å²) in [6.45, 7) is 8.72. The van der Waals surface area contributed by atoms with E-state index in [9.17, 15) is 0 Å². The molecule has 0 fully saturated rings. The van der Waals surface area contributed by atoms with Crippen LogP contribution in [0.2, 0.25) is 0 Å². The number of hydrogen-bond acceptors (Lipinski definition) is 0. The van der Waals surface area contributed by atoms with Gasteiger partial charge in [-0.25, -0.2) is 0 Å². The molecule has 2 aromatic carbocycles.